The first-order valence-corrected chi connectivity index (χ1v) is 30.8. The Balaban J connectivity index is 0.000000152. The minimum Gasteiger partial charge on any atom is -0.317 e. The lowest BCUT2D eigenvalue weighted by molar-refractivity contribution is 0.0601. The summed E-state index contributed by atoms with van der Waals surface area (Å²) in [7, 11) is 8.02. The summed E-state index contributed by atoms with van der Waals surface area (Å²) in [6.07, 6.45) is 0. The van der Waals surface area contributed by atoms with Crippen LogP contribution in [0.1, 0.15) is 27.7 Å². The summed E-state index contributed by atoms with van der Waals surface area (Å²) < 4.78 is 28.9. The summed E-state index contributed by atoms with van der Waals surface area (Å²) in [4.78, 5) is 4.88. The van der Waals surface area contributed by atoms with Gasteiger partial charge in [-0.1, -0.05) is 99.7 Å². The number of nitrogens with zero attached hydrogens (tertiary/aromatic N) is 2. The number of fused-ring (bicyclic) bond motifs is 4. The van der Waals surface area contributed by atoms with Crippen molar-refractivity contribution in [1.29, 1.82) is 0 Å². The number of para-hydroxylation sites is 4. The zero-order valence-corrected chi connectivity index (χ0v) is 39.7. The molecule has 0 aromatic heterocycles. The lowest BCUT2D eigenvalue weighted by Gasteiger charge is -2.44. The molecule has 4 aromatic rings. The largest absolute Gasteiger partial charge is 0.317 e. The number of anilines is 4. The van der Waals surface area contributed by atoms with Crippen LogP contribution in [0, 0.1) is 10.8 Å². The van der Waals surface area contributed by atoms with Crippen molar-refractivity contribution in [3.05, 3.63) is 97.1 Å². The average Bonchev–Trinajstić information content (AvgIpc) is 3.17. The molecule has 4 aromatic carbocycles. The highest BCUT2D eigenvalue weighted by molar-refractivity contribution is 8.70. The van der Waals surface area contributed by atoms with Crippen LogP contribution in [0.2, 0.25) is 0 Å². The standard InChI is InChI=1S/C17H18NO2PS2.C17H18NO2PS.S8/c1-17(2)11-19-21(22,20-12-17)18-13-7-3-5-9-15(13)23-16-10-6-4-8-14(16)18;1-17(2)11-19-21(20-12-17)18-13-7-3-5-9-15(13)22-16-10-6-4-8-14(16)18;1-3-5-7-8-6-4-2/h3-10H,11-12H2,1-2H3;3-10H,11-12H2,1-2H3;. The Morgan fingerprint density at radius 3 is 1.34 bits per heavy atom. The summed E-state index contributed by atoms with van der Waals surface area (Å²) in [6.45, 7) is 8.75. The van der Waals surface area contributed by atoms with Gasteiger partial charge in [-0.2, -0.15) is 0 Å². The van der Waals surface area contributed by atoms with E-state index in [2.05, 4.69) is 144 Å². The number of benzene rings is 4. The van der Waals surface area contributed by atoms with E-state index < -0.39 is 15.2 Å². The number of rotatable bonds is 2. The molecule has 8 rings (SSSR count). The van der Waals surface area contributed by atoms with Gasteiger partial charge in [-0.05, 0) is 60.3 Å². The maximum atomic E-state index is 6.15. The third-order valence-corrected chi connectivity index (χ3v) is 25.5. The predicted octanol–water partition coefficient (Wildman–Crippen LogP) is 11.2. The van der Waals surface area contributed by atoms with Gasteiger partial charge in [-0.25, -0.2) is 0 Å². The van der Waals surface area contributed by atoms with Crippen LogP contribution in [0.15, 0.2) is 117 Å². The third-order valence-electron chi connectivity index (χ3n) is 7.73. The molecule has 0 atom stereocenters. The molecule has 2 fully saturated rings. The first-order valence-electron chi connectivity index (χ1n) is 16.1. The van der Waals surface area contributed by atoms with Crippen LogP contribution in [0.5, 0.6) is 0 Å². The first-order chi connectivity index (χ1) is 25.5. The van der Waals surface area contributed by atoms with Crippen molar-refractivity contribution in [3.63, 3.8) is 0 Å². The maximum Gasteiger partial charge on any atom is 0.294 e. The highest BCUT2D eigenvalue weighted by Crippen LogP contribution is 2.66. The summed E-state index contributed by atoms with van der Waals surface area (Å²) >= 11 is 18.7. The predicted molar refractivity (Wildman–Crippen MR) is 250 cm³/mol. The van der Waals surface area contributed by atoms with E-state index in [1.807, 2.05) is 23.9 Å². The van der Waals surface area contributed by atoms with Gasteiger partial charge >= 0.3 is 0 Å². The summed E-state index contributed by atoms with van der Waals surface area (Å²) in [6, 6.07) is 33.5. The Bertz CT molecular complexity index is 2130. The summed E-state index contributed by atoms with van der Waals surface area (Å²) in [5.41, 5.74) is 4.61. The summed E-state index contributed by atoms with van der Waals surface area (Å²) in [5.74, 6) is 0. The van der Waals surface area contributed by atoms with E-state index in [9.17, 15) is 0 Å². The van der Waals surface area contributed by atoms with Gasteiger partial charge in [0.25, 0.3) is 15.2 Å². The van der Waals surface area contributed by atoms with Gasteiger partial charge in [0.15, 0.2) is 0 Å². The Labute approximate surface area is 354 Å². The zero-order valence-electron chi connectivity index (χ0n) is 29.0. The molecule has 0 saturated carbocycles. The van der Waals surface area contributed by atoms with Crippen molar-refractivity contribution in [2.75, 3.05) is 35.8 Å². The van der Waals surface area contributed by atoms with E-state index in [1.54, 1.807) is 47.3 Å². The normalized spacial score (nSPS) is 18.7. The molecule has 19 heteroatoms. The molecule has 0 spiro atoms. The molecule has 0 N–H and O–H groups in total. The van der Waals surface area contributed by atoms with Gasteiger partial charge < -0.3 is 18.1 Å². The molecular formula is C34H36N2O4P2S11. The van der Waals surface area contributed by atoms with Crippen LogP contribution in [-0.2, 0) is 106 Å². The fourth-order valence-corrected chi connectivity index (χ4v) is 23.6. The summed E-state index contributed by atoms with van der Waals surface area (Å²) in [5, 5.41) is 0. The third kappa shape index (κ3) is 10.9. The fourth-order valence-electron chi connectivity index (χ4n) is 5.22. The minimum atomic E-state index is -2.58. The van der Waals surface area contributed by atoms with E-state index >= 15 is 0 Å². The van der Waals surface area contributed by atoms with Crippen LogP contribution in [0.4, 0.5) is 22.7 Å². The molecule has 0 aliphatic carbocycles. The van der Waals surface area contributed by atoms with Crippen LogP contribution >= 0.6 is 38.7 Å². The van der Waals surface area contributed by atoms with Crippen molar-refractivity contribution in [2.24, 2.45) is 10.8 Å². The van der Waals surface area contributed by atoms with E-state index in [4.69, 9.17) is 29.9 Å². The van der Waals surface area contributed by atoms with Gasteiger partial charge in [0, 0.05) is 106 Å². The Kier molecular flexibility index (Phi) is 15.7. The van der Waals surface area contributed by atoms with Crippen LogP contribution in [0.3, 0.4) is 0 Å². The quantitative estimate of drug-likeness (QED) is 0.181. The van der Waals surface area contributed by atoms with Crippen LogP contribution < -0.4 is 9.34 Å². The Hall–Kier alpha value is -0.140. The smallest absolute Gasteiger partial charge is 0.294 e. The van der Waals surface area contributed by atoms with E-state index in [-0.39, 0.29) is 10.8 Å². The van der Waals surface area contributed by atoms with Gasteiger partial charge in [-0.15, -0.1) is 0 Å². The molecule has 2 saturated heterocycles. The van der Waals surface area contributed by atoms with E-state index in [0.717, 1.165) is 24.6 Å². The van der Waals surface area contributed by atoms with E-state index in [1.165, 1.54) is 48.7 Å². The lowest BCUT2D eigenvalue weighted by atomic mass is 9.97. The van der Waals surface area contributed by atoms with Crippen LogP contribution in [0.25, 0.3) is 0 Å². The van der Waals surface area contributed by atoms with Gasteiger partial charge in [-0.3, -0.25) is 9.34 Å². The number of hydrogen-bond acceptors (Lipinski definition) is 10. The molecule has 0 radical (unpaired) electrons. The lowest BCUT2D eigenvalue weighted by Crippen LogP contribution is -2.34. The highest BCUT2D eigenvalue weighted by Gasteiger charge is 2.42. The fraction of sp³-hybridized carbons (Fsp3) is 0.294. The van der Waals surface area contributed by atoms with Crippen molar-refractivity contribution in [1.82, 2.24) is 0 Å². The molecule has 282 valence electrons. The molecule has 53 heavy (non-hydrogen) atoms. The zero-order chi connectivity index (χ0) is 37.5. The molecule has 6 nitrogen and oxygen atoms in total. The van der Waals surface area contributed by atoms with Gasteiger partial charge in [0.2, 0.25) is 0 Å². The molecule has 0 bridgehead atoms. The highest BCUT2D eigenvalue weighted by atomic mass is 33.4. The second kappa shape index (κ2) is 19.5. The minimum absolute atomic E-state index is 0.00584. The topological polar surface area (TPSA) is 43.4 Å². The average molecular weight is 951 g/mol. The molecule has 4 heterocycles. The van der Waals surface area contributed by atoms with Crippen LogP contribution in [-0.4, -0.2) is 26.4 Å². The molecular weight excluding hydrogens is 915 g/mol. The van der Waals surface area contributed by atoms with Crippen molar-refractivity contribution in [2.45, 2.75) is 47.3 Å². The van der Waals surface area contributed by atoms with E-state index in [0.29, 0.717) is 13.2 Å². The molecule has 4 aliphatic heterocycles. The first kappa shape index (κ1) is 42.5. The van der Waals surface area contributed by atoms with Gasteiger partial charge in [0.1, 0.15) is 0 Å². The SMILES string of the molecule is CC1(C)COP(=S)(N2c3ccccc3Sc3ccccc32)OC1.CC1(C)COP(N2c3ccccc3Sc3ccccc32)OC1.S=S=S=S=S=S=S=S. The van der Waals surface area contributed by atoms with Crippen molar-refractivity contribution >= 4 is 149 Å². The molecule has 4 aliphatic rings. The number of hydrogen-bond donors (Lipinski definition) is 0. The van der Waals surface area contributed by atoms with Crippen molar-refractivity contribution in [3.8, 4) is 0 Å². The Morgan fingerprint density at radius 1 is 0.566 bits per heavy atom. The van der Waals surface area contributed by atoms with Gasteiger partial charge in [0.05, 0.1) is 49.2 Å². The molecule has 0 unspecified atom stereocenters. The molecule has 0 amide bonds. The Morgan fingerprint density at radius 2 is 0.925 bits per heavy atom. The second-order valence-electron chi connectivity index (χ2n) is 13.2. The second-order valence-corrected chi connectivity index (χ2v) is 30.6. The van der Waals surface area contributed by atoms with Crippen molar-refractivity contribution < 1.29 is 18.1 Å². The monoisotopic (exact) mass is 950 g/mol. The maximum absolute atomic E-state index is 6.15.